The molecule has 1 saturated carbocycles. The Hall–Kier alpha value is -0.0400. The zero-order valence-corrected chi connectivity index (χ0v) is 9.47. The van der Waals surface area contributed by atoms with Crippen LogP contribution in [-0.2, 0) is 0 Å². The van der Waals surface area contributed by atoms with Gasteiger partial charge in [-0.05, 0) is 38.1 Å². The number of rotatable bonds is 4. The predicted octanol–water partition coefficient (Wildman–Crippen LogP) is 3.20. The lowest BCUT2D eigenvalue weighted by Crippen LogP contribution is -2.35. The molecule has 0 amide bonds. The monoisotopic (exact) mass is 183 g/mol. The summed E-state index contributed by atoms with van der Waals surface area (Å²) >= 11 is 0. The van der Waals surface area contributed by atoms with Gasteiger partial charge in [0.15, 0.2) is 0 Å². The van der Waals surface area contributed by atoms with Crippen LogP contribution in [0.3, 0.4) is 0 Å². The van der Waals surface area contributed by atoms with Crippen LogP contribution in [0.2, 0.25) is 0 Å². The summed E-state index contributed by atoms with van der Waals surface area (Å²) in [4.78, 5) is 0. The molecule has 13 heavy (non-hydrogen) atoms. The maximum Gasteiger partial charge on any atom is 0.00922 e. The van der Waals surface area contributed by atoms with E-state index >= 15 is 0 Å². The second kappa shape index (κ2) is 5.64. The second-order valence-electron chi connectivity index (χ2n) is 4.70. The fraction of sp³-hybridized carbons (Fsp3) is 1.00. The minimum atomic E-state index is 0.789. The lowest BCUT2D eigenvalue weighted by atomic mass is 9.78. The van der Waals surface area contributed by atoms with Crippen LogP contribution in [0.25, 0.3) is 0 Å². The van der Waals surface area contributed by atoms with Crippen LogP contribution < -0.4 is 5.32 Å². The van der Waals surface area contributed by atoms with Crippen molar-refractivity contribution >= 4 is 0 Å². The van der Waals surface area contributed by atoms with Crippen LogP contribution in [0.15, 0.2) is 0 Å². The molecule has 0 spiro atoms. The summed E-state index contributed by atoms with van der Waals surface area (Å²) in [7, 11) is 2.12. The van der Waals surface area contributed by atoms with Crippen LogP contribution in [0.4, 0.5) is 0 Å². The third-order valence-corrected chi connectivity index (χ3v) is 3.60. The van der Waals surface area contributed by atoms with Gasteiger partial charge in [-0.3, -0.25) is 0 Å². The standard InChI is InChI=1S/C12H25N/c1-4-5-12(13-3)11-8-6-10(2)7-9-11/h10-13H,4-9H2,1-3H3. The molecule has 0 aromatic rings. The van der Waals surface area contributed by atoms with Gasteiger partial charge in [0.1, 0.15) is 0 Å². The molecule has 0 bridgehead atoms. The Morgan fingerprint density at radius 3 is 2.31 bits per heavy atom. The highest BCUT2D eigenvalue weighted by Gasteiger charge is 2.24. The molecule has 78 valence electrons. The Bertz CT molecular complexity index is 125. The first-order valence-electron chi connectivity index (χ1n) is 5.95. The van der Waals surface area contributed by atoms with E-state index in [0.29, 0.717) is 0 Å². The van der Waals surface area contributed by atoms with Crippen molar-refractivity contribution in [3.63, 3.8) is 0 Å². The van der Waals surface area contributed by atoms with Crippen molar-refractivity contribution < 1.29 is 0 Å². The first kappa shape index (κ1) is 11.0. The van der Waals surface area contributed by atoms with E-state index in [1.807, 2.05) is 0 Å². The first-order chi connectivity index (χ1) is 6.27. The van der Waals surface area contributed by atoms with Crippen LogP contribution >= 0.6 is 0 Å². The Labute approximate surface area is 83.3 Å². The Morgan fingerprint density at radius 2 is 1.85 bits per heavy atom. The Kier molecular flexibility index (Phi) is 4.79. The summed E-state index contributed by atoms with van der Waals surface area (Å²) < 4.78 is 0. The highest BCUT2D eigenvalue weighted by atomic mass is 14.9. The van der Waals surface area contributed by atoms with Gasteiger partial charge in [-0.15, -0.1) is 0 Å². The zero-order valence-electron chi connectivity index (χ0n) is 9.47. The topological polar surface area (TPSA) is 12.0 Å². The highest BCUT2D eigenvalue weighted by Crippen LogP contribution is 2.31. The summed E-state index contributed by atoms with van der Waals surface area (Å²) in [6.45, 7) is 4.68. The predicted molar refractivity (Wildman–Crippen MR) is 58.9 cm³/mol. The van der Waals surface area contributed by atoms with Gasteiger partial charge in [0.25, 0.3) is 0 Å². The Morgan fingerprint density at radius 1 is 1.23 bits per heavy atom. The van der Waals surface area contributed by atoms with E-state index in [1.54, 1.807) is 0 Å². The molecule has 1 N–H and O–H groups in total. The molecular formula is C12H25N. The Balaban J connectivity index is 2.32. The van der Waals surface area contributed by atoms with Crippen LogP contribution in [-0.4, -0.2) is 13.1 Å². The fourth-order valence-electron chi connectivity index (χ4n) is 2.61. The molecule has 1 fully saturated rings. The average Bonchev–Trinajstić information content (AvgIpc) is 2.16. The van der Waals surface area contributed by atoms with Gasteiger partial charge in [-0.1, -0.05) is 33.1 Å². The van der Waals surface area contributed by atoms with E-state index in [0.717, 1.165) is 17.9 Å². The third-order valence-electron chi connectivity index (χ3n) is 3.60. The molecule has 1 aliphatic carbocycles. The SMILES string of the molecule is CCCC(NC)C1CCC(C)CC1. The average molecular weight is 183 g/mol. The number of hydrogen-bond donors (Lipinski definition) is 1. The minimum Gasteiger partial charge on any atom is -0.317 e. The summed E-state index contributed by atoms with van der Waals surface area (Å²) in [5.74, 6) is 1.94. The van der Waals surface area contributed by atoms with Crippen LogP contribution in [0, 0.1) is 11.8 Å². The molecule has 0 heterocycles. The van der Waals surface area contributed by atoms with Gasteiger partial charge in [0.2, 0.25) is 0 Å². The quantitative estimate of drug-likeness (QED) is 0.706. The molecule has 1 aliphatic rings. The van der Waals surface area contributed by atoms with E-state index in [4.69, 9.17) is 0 Å². The van der Waals surface area contributed by atoms with Crippen molar-refractivity contribution in [2.45, 2.75) is 58.4 Å². The second-order valence-corrected chi connectivity index (χ2v) is 4.70. The molecule has 1 atom stereocenters. The van der Waals surface area contributed by atoms with Gasteiger partial charge >= 0.3 is 0 Å². The van der Waals surface area contributed by atoms with Gasteiger partial charge in [0, 0.05) is 6.04 Å². The number of nitrogens with one attached hydrogen (secondary N) is 1. The maximum absolute atomic E-state index is 3.49. The molecular weight excluding hydrogens is 158 g/mol. The van der Waals surface area contributed by atoms with Crippen molar-refractivity contribution in [1.29, 1.82) is 0 Å². The molecule has 1 unspecified atom stereocenters. The zero-order chi connectivity index (χ0) is 9.68. The summed E-state index contributed by atoms with van der Waals surface area (Å²) in [5.41, 5.74) is 0. The van der Waals surface area contributed by atoms with Crippen LogP contribution in [0.5, 0.6) is 0 Å². The summed E-state index contributed by atoms with van der Waals surface area (Å²) in [6.07, 6.45) is 8.48. The fourth-order valence-corrected chi connectivity index (χ4v) is 2.61. The van der Waals surface area contributed by atoms with Crippen molar-refractivity contribution in [2.24, 2.45) is 11.8 Å². The van der Waals surface area contributed by atoms with Crippen LogP contribution in [0.1, 0.15) is 52.4 Å². The van der Waals surface area contributed by atoms with E-state index < -0.39 is 0 Å². The van der Waals surface area contributed by atoms with Gasteiger partial charge in [-0.25, -0.2) is 0 Å². The third kappa shape index (κ3) is 3.30. The van der Waals surface area contributed by atoms with Crippen molar-refractivity contribution in [1.82, 2.24) is 5.32 Å². The summed E-state index contributed by atoms with van der Waals surface area (Å²) in [6, 6.07) is 0.789. The minimum absolute atomic E-state index is 0.789. The van der Waals surface area contributed by atoms with Gasteiger partial charge < -0.3 is 5.32 Å². The maximum atomic E-state index is 3.49. The molecule has 0 radical (unpaired) electrons. The van der Waals surface area contributed by atoms with Crippen molar-refractivity contribution in [2.75, 3.05) is 7.05 Å². The van der Waals surface area contributed by atoms with E-state index in [9.17, 15) is 0 Å². The van der Waals surface area contributed by atoms with Gasteiger partial charge in [-0.2, -0.15) is 0 Å². The molecule has 0 aliphatic heterocycles. The lowest BCUT2D eigenvalue weighted by Gasteiger charge is -2.32. The van der Waals surface area contributed by atoms with E-state index in [1.165, 1.54) is 38.5 Å². The van der Waals surface area contributed by atoms with Crippen molar-refractivity contribution in [3.05, 3.63) is 0 Å². The lowest BCUT2D eigenvalue weighted by molar-refractivity contribution is 0.228. The molecule has 0 aromatic carbocycles. The normalized spacial score (nSPS) is 31.6. The molecule has 0 saturated heterocycles. The van der Waals surface area contributed by atoms with E-state index in [2.05, 4.69) is 26.2 Å². The molecule has 1 rings (SSSR count). The van der Waals surface area contributed by atoms with E-state index in [-0.39, 0.29) is 0 Å². The first-order valence-corrected chi connectivity index (χ1v) is 5.95. The number of hydrogen-bond acceptors (Lipinski definition) is 1. The van der Waals surface area contributed by atoms with Crippen molar-refractivity contribution in [3.8, 4) is 0 Å². The molecule has 1 nitrogen and oxygen atoms in total. The van der Waals surface area contributed by atoms with Gasteiger partial charge in [0.05, 0.1) is 0 Å². The summed E-state index contributed by atoms with van der Waals surface area (Å²) in [5, 5.41) is 3.49. The molecule has 0 aromatic heterocycles. The molecule has 1 heteroatoms. The smallest absolute Gasteiger partial charge is 0.00922 e. The largest absolute Gasteiger partial charge is 0.317 e. The highest BCUT2D eigenvalue weighted by molar-refractivity contribution is 4.79.